The van der Waals surface area contributed by atoms with Crippen LogP contribution in [0, 0.1) is 0 Å². The first-order valence-corrected chi connectivity index (χ1v) is 7.85. The van der Waals surface area contributed by atoms with E-state index in [2.05, 4.69) is 44.1 Å². The molecule has 0 aliphatic carbocycles. The molecule has 0 aliphatic heterocycles. The quantitative estimate of drug-likeness (QED) is 0.756. The van der Waals surface area contributed by atoms with Gasteiger partial charge in [-0.05, 0) is 57.8 Å². The fraction of sp³-hybridized carbons (Fsp3) is 0.545. The molecule has 1 aromatic heterocycles. The topological polar surface area (TPSA) is 38.3 Å². The van der Waals surface area contributed by atoms with Gasteiger partial charge in [0, 0.05) is 9.35 Å². The van der Waals surface area contributed by atoms with E-state index in [9.17, 15) is 4.79 Å². The zero-order valence-corrected chi connectivity index (χ0v) is 13.7. The zero-order valence-electron chi connectivity index (χ0n) is 9.76. The molecule has 1 N–H and O–H groups in total. The molecule has 0 aliphatic rings. The van der Waals surface area contributed by atoms with Gasteiger partial charge in [0.15, 0.2) is 0 Å². The molecule has 96 valence electrons. The van der Waals surface area contributed by atoms with Gasteiger partial charge in [0.05, 0.1) is 10.4 Å². The standard InChI is InChI=1S/C11H15Br2NO2S/c1-3-5-14-9(11(15)16-4-2)8-6-7(12)10(13)17-8/h6,9,14H,3-5H2,1-2H3. The molecule has 0 radical (unpaired) electrons. The highest BCUT2D eigenvalue weighted by atomic mass is 79.9. The second kappa shape index (κ2) is 7.51. The number of thiophene rings is 1. The molecule has 0 amide bonds. The number of rotatable bonds is 6. The Morgan fingerprint density at radius 3 is 2.71 bits per heavy atom. The molecule has 1 atom stereocenters. The summed E-state index contributed by atoms with van der Waals surface area (Å²) in [5.41, 5.74) is 0. The van der Waals surface area contributed by atoms with Crippen molar-refractivity contribution >= 4 is 49.2 Å². The lowest BCUT2D eigenvalue weighted by Gasteiger charge is -2.15. The summed E-state index contributed by atoms with van der Waals surface area (Å²) in [6, 6.07) is 1.57. The minimum Gasteiger partial charge on any atom is -0.465 e. The molecule has 6 heteroatoms. The van der Waals surface area contributed by atoms with Crippen LogP contribution in [0.25, 0.3) is 0 Å². The molecule has 1 unspecified atom stereocenters. The number of hydrogen-bond acceptors (Lipinski definition) is 4. The smallest absolute Gasteiger partial charge is 0.328 e. The van der Waals surface area contributed by atoms with E-state index in [1.165, 1.54) is 11.3 Å². The summed E-state index contributed by atoms with van der Waals surface area (Å²) in [6.45, 7) is 5.07. The first-order valence-electron chi connectivity index (χ1n) is 5.44. The van der Waals surface area contributed by atoms with Crippen molar-refractivity contribution in [2.45, 2.75) is 26.3 Å². The van der Waals surface area contributed by atoms with Crippen LogP contribution < -0.4 is 5.32 Å². The van der Waals surface area contributed by atoms with Gasteiger partial charge in [-0.2, -0.15) is 0 Å². The summed E-state index contributed by atoms with van der Waals surface area (Å²) in [4.78, 5) is 12.8. The van der Waals surface area contributed by atoms with Crippen molar-refractivity contribution in [3.63, 3.8) is 0 Å². The molecule has 17 heavy (non-hydrogen) atoms. The Balaban J connectivity index is 2.85. The number of esters is 1. The van der Waals surface area contributed by atoms with E-state index >= 15 is 0 Å². The highest BCUT2D eigenvalue weighted by Gasteiger charge is 2.23. The van der Waals surface area contributed by atoms with Crippen LogP contribution in [0.3, 0.4) is 0 Å². The number of ether oxygens (including phenoxy) is 1. The predicted molar refractivity (Wildman–Crippen MR) is 77.4 cm³/mol. The SMILES string of the molecule is CCCNC(C(=O)OCC)c1cc(Br)c(Br)s1. The molecule has 0 spiro atoms. The minimum absolute atomic E-state index is 0.220. The average Bonchev–Trinajstić information content (AvgIpc) is 2.60. The van der Waals surface area contributed by atoms with Crippen LogP contribution in [0.1, 0.15) is 31.2 Å². The second-order valence-electron chi connectivity index (χ2n) is 3.41. The number of hydrogen-bond donors (Lipinski definition) is 1. The van der Waals surface area contributed by atoms with Crippen molar-refractivity contribution in [1.29, 1.82) is 0 Å². The molecular formula is C11H15Br2NO2S. The highest BCUT2D eigenvalue weighted by molar-refractivity contribution is 9.13. The van der Waals surface area contributed by atoms with Gasteiger partial charge >= 0.3 is 5.97 Å². The molecule has 3 nitrogen and oxygen atoms in total. The van der Waals surface area contributed by atoms with E-state index in [-0.39, 0.29) is 12.0 Å². The van der Waals surface area contributed by atoms with Crippen molar-refractivity contribution < 1.29 is 9.53 Å². The molecular weight excluding hydrogens is 370 g/mol. The molecule has 1 aromatic rings. The summed E-state index contributed by atoms with van der Waals surface area (Å²) in [5, 5.41) is 3.21. The fourth-order valence-corrected chi connectivity index (χ4v) is 3.47. The van der Waals surface area contributed by atoms with Gasteiger partial charge in [-0.3, -0.25) is 0 Å². The van der Waals surface area contributed by atoms with E-state index < -0.39 is 0 Å². The second-order valence-corrected chi connectivity index (χ2v) is 6.67. The van der Waals surface area contributed by atoms with Gasteiger partial charge in [0.1, 0.15) is 6.04 Å². The van der Waals surface area contributed by atoms with Crippen LogP contribution in [-0.4, -0.2) is 19.1 Å². The number of halogens is 2. The van der Waals surface area contributed by atoms with Gasteiger partial charge in [-0.1, -0.05) is 6.92 Å². The first-order chi connectivity index (χ1) is 8.10. The third kappa shape index (κ3) is 4.35. The normalized spacial score (nSPS) is 12.5. The molecule has 0 fully saturated rings. The maximum absolute atomic E-state index is 11.9. The first kappa shape index (κ1) is 15.1. The maximum Gasteiger partial charge on any atom is 0.328 e. The predicted octanol–water partition coefficient (Wildman–Crippen LogP) is 3.88. The Labute approximate surface area is 122 Å². The maximum atomic E-state index is 11.9. The number of carbonyl (C=O) groups excluding carboxylic acids is 1. The monoisotopic (exact) mass is 383 g/mol. The van der Waals surface area contributed by atoms with Crippen molar-refractivity contribution in [2.24, 2.45) is 0 Å². The average molecular weight is 385 g/mol. The summed E-state index contributed by atoms with van der Waals surface area (Å²) in [6.07, 6.45) is 0.976. The Hall–Kier alpha value is 0.0900. The summed E-state index contributed by atoms with van der Waals surface area (Å²) in [5.74, 6) is -0.220. The fourth-order valence-electron chi connectivity index (χ4n) is 1.32. The lowest BCUT2D eigenvalue weighted by molar-refractivity contribution is -0.145. The van der Waals surface area contributed by atoms with E-state index in [1.807, 2.05) is 13.0 Å². The van der Waals surface area contributed by atoms with Crippen molar-refractivity contribution in [1.82, 2.24) is 5.32 Å². The minimum atomic E-state index is -0.373. The Morgan fingerprint density at radius 2 is 2.24 bits per heavy atom. The molecule has 1 rings (SSSR count). The van der Waals surface area contributed by atoms with Gasteiger partial charge < -0.3 is 10.1 Å². The molecule has 0 bridgehead atoms. The van der Waals surface area contributed by atoms with Crippen LogP contribution in [0.15, 0.2) is 14.3 Å². The van der Waals surface area contributed by atoms with Gasteiger partial charge in [0.25, 0.3) is 0 Å². The van der Waals surface area contributed by atoms with Crippen LogP contribution in [0.2, 0.25) is 0 Å². The highest BCUT2D eigenvalue weighted by Crippen LogP contribution is 2.35. The molecule has 0 aromatic carbocycles. The van der Waals surface area contributed by atoms with Gasteiger partial charge in [-0.25, -0.2) is 4.79 Å². The molecule has 0 saturated heterocycles. The lowest BCUT2D eigenvalue weighted by atomic mass is 10.2. The summed E-state index contributed by atoms with van der Waals surface area (Å²) >= 11 is 8.39. The van der Waals surface area contributed by atoms with Crippen LogP contribution in [0.5, 0.6) is 0 Å². The van der Waals surface area contributed by atoms with E-state index in [1.54, 1.807) is 0 Å². The van der Waals surface area contributed by atoms with Crippen LogP contribution >= 0.6 is 43.2 Å². The Kier molecular flexibility index (Phi) is 6.69. The van der Waals surface area contributed by atoms with Crippen molar-refractivity contribution in [3.8, 4) is 0 Å². The van der Waals surface area contributed by atoms with Gasteiger partial charge in [-0.15, -0.1) is 11.3 Å². The largest absolute Gasteiger partial charge is 0.465 e. The van der Waals surface area contributed by atoms with Crippen LogP contribution in [0.4, 0.5) is 0 Å². The third-order valence-electron chi connectivity index (χ3n) is 2.07. The van der Waals surface area contributed by atoms with E-state index in [0.717, 1.165) is 26.1 Å². The summed E-state index contributed by atoms with van der Waals surface area (Å²) in [7, 11) is 0. The number of nitrogens with one attached hydrogen (secondary N) is 1. The van der Waals surface area contributed by atoms with Gasteiger partial charge in [0.2, 0.25) is 0 Å². The number of carbonyl (C=O) groups is 1. The lowest BCUT2D eigenvalue weighted by Crippen LogP contribution is -2.30. The Bertz CT molecular complexity index is 362. The zero-order chi connectivity index (χ0) is 12.8. The van der Waals surface area contributed by atoms with E-state index in [0.29, 0.717) is 6.61 Å². The Morgan fingerprint density at radius 1 is 1.53 bits per heavy atom. The third-order valence-corrected chi connectivity index (χ3v) is 5.39. The molecule has 0 saturated carbocycles. The summed E-state index contributed by atoms with van der Waals surface area (Å²) < 4.78 is 7.03. The van der Waals surface area contributed by atoms with Crippen molar-refractivity contribution in [3.05, 3.63) is 19.2 Å². The molecule has 1 heterocycles. The van der Waals surface area contributed by atoms with Crippen molar-refractivity contribution in [2.75, 3.05) is 13.2 Å². The van der Waals surface area contributed by atoms with Crippen LogP contribution in [-0.2, 0) is 9.53 Å². The van der Waals surface area contributed by atoms with E-state index in [4.69, 9.17) is 4.74 Å².